The molecule has 2 aromatic rings. The average Bonchev–Trinajstić information content (AvgIpc) is 2.95. The highest BCUT2D eigenvalue weighted by atomic mass is 32.1. The summed E-state index contributed by atoms with van der Waals surface area (Å²) in [5.41, 5.74) is 2.68. The van der Waals surface area contributed by atoms with Gasteiger partial charge in [-0.15, -0.1) is 11.3 Å². The van der Waals surface area contributed by atoms with E-state index in [4.69, 9.17) is 0 Å². The second-order valence-electron chi connectivity index (χ2n) is 5.34. The first-order valence-corrected chi connectivity index (χ1v) is 7.80. The highest BCUT2D eigenvalue weighted by Crippen LogP contribution is 2.23. The summed E-state index contributed by atoms with van der Waals surface area (Å²) in [5.74, 6) is 0.486. The lowest BCUT2D eigenvalue weighted by molar-refractivity contribution is 0.102. The highest BCUT2D eigenvalue weighted by Gasteiger charge is 2.15. The van der Waals surface area contributed by atoms with E-state index in [1.54, 1.807) is 17.5 Å². The van der Waals surface area contributed by atoms with Gasteiger partial charge in [-0.3, -0.25) is 9.48 Å². The molecule has 2 heterocycles. The van der Waals surface area contributed by atoms with Crippen molar-refractivity contribution in [3.05, 3.63) is 33.8 Å². The summed E-state index contributed by atoms with van der Waals surface area (Å²) in [6.07, 6.45) is 4.46. The largest absolute Gasteiger partial charge is 0.319 e. The highest BCUT2D eigenvalue weighted by molar-refractivity contribution is 7.10. The molecule has 2 aromatic heterocycles. The van der Waals surface area contributed by atoms with Crippen molar-refractivity contribution < 1.29 is 4.79 Å². The van der Waals surface area contributed by atoms with Crippen LogP contribution in [0.15, 0.2) is 17.8 Å². The second-order valence-corrected chi connectivity index (χ2v) is 6.42. The number of hydrogen-bond donors (Lipinski definition) is 1. The lowest BCUT2D eigenvalue weighted by Crippen LogP contribution is -2.12. The molecule has 0 saturated heterocycles. The molecule has 0 radical (unpaired) electrons. The minimum absolute atomic E-state index is 0.0460. The predicted molar refractivity (Wildman–Crippen MR) is 83.5 cm³/mol. The van der Waals surface area contributed by atoms with Gasteiger partial charge in [0.1, 0.15) is 0 Å². The van der Waals surface area contributed by atoms with Crippen molar-refractivity contribution in [2.24, 2.45) is 5.92 Å². The number of rotatable bonds is 5. The molecule has 0 aromatic carbocycles. The predicted octanol–water partition coefficient (Wildman–Crippen LogP) is 3.72. The number of aryl methyl sites for hydroxylation is 1. The smallest absolute Gasteiger partial charge is 0.256 e. The Morgan fingerprint density at radius 3 is 2.90 bits per heavy atom. The minimum Gasteiger partial charge on any atom is -0.319 e. The molecule has 4 nitrogen and oxygen atoms in total. The third-order valence-corrected chi connectivity index (χ3v) is 4.10. The molecular formula is C15H21N3OS. The Morgan fingerprint density at radius 2 is 2.25 bits per heavy atom. The first kappa shape index (κ1) is 14.8. The number of nitrogens with one attached hydrogen (secondary N) is 1. The lowest BCUT2D eigenvalue weighted by atomic mass is 10.1. The van der Waals surface area contributed by atoms with E-state index in [-0.39, 0.29) is 5.91 Å². The van der Waals surface area contributed by atoms with Crippen LogP contribution >= 0.6 is 11.3 Å². The Kier molecular flexibility index (Phi) is 4.60. The van der Waals surface area contributed by atoms with Crippen molar-refractivity contribution in [1.82, 2.24) is 9.78 Å². The minimum atomic E-state index is -0.0460. The number of thiophene rings is 1. The Hall–Kier alpha value is -1.62. The van der Waals surface area contributed by atoms with Gasteiger partial charge in [0.2, 0.25) is 0 Å². The van der Waals surface area contributed by atoms with Gasteiger partial charge in [-0.2, -0.15) is 5.10 Å². The number of anilines is 1. The quantitative estimate of drug-likeness (QED) is 0.912. The maximum Gasteiger partial charge on any atom is 0.256 e. The number of aromatic nitrogens is 2. The maximum atomic E-state index is 12.3. The number of carbonyl (C=O) groups is 1. The van der Waals surface area contributed by atoms with Crippen LogP contribution in [0.1, 0.15) is 41.6 Å². The van der Waals surface area contributed by atoms with Crippen LogP contribution in [-0.4, -0.2) is 15.7 Å². The summed E-state index contributed by atoms with van der Waals surface area (Å²) >= 11 is 1.63. The summed E-state index contributed by atoms with van der Waals surface area (Å²) in [4.78, 5) is 13.5. The van der Waals surface area contributed by atoms with Gasteiger partial charge in [0.05, 0.1) is 17.4 Å². The van der Waals surface area contributed by atoms with Crippen molar-refractivity contribution in [3.63, 3.8) is 0 Å². The Balaban J connectivity index is 2.09. The van der Waals surface area contributed by atoms with Crippen LogP contribution in [0.25, 0.3) is 0 Å². The van der Waals surface area contributed by atoms with Crippen molar-refractivity contribution in [2.45, 2.75) is 40.7 Å². The van der Waals surface area contributed by atoms with Crippen molar-refractivity contribution >= 4 is 22.9 Å². The van der Waals surface area contributed by atoms with Crippen LogP contribution in [0, 0.1) is 12.8 Å². The van der Waals surface area contributed by atoms with E-state index in [2.05, 4.69) is 38.1 Å². The average molecular weight is 291 g/mol. The van der Waals surface area contributed by atoms with Gasteiger partial charge in [-0.25, -0.2) is 0 Å². The van der Waals surface area contributed by atoms with E-state index >= 15 is 0 Å². The zero-order chi connectivity index (χ0) is 14.7. The third-order valence-electron chi connectivity index (χ3n) is 3.15. The molecule has 0 saturated carbocycles. The summed E-state index contributed by atoms with van der Waals surface area (Å²) in [6, 6.07) is 0. The molecular weight excluding hydrogens is 270 g/mol. The van der Waals surface area contributed by atoms with Gasteiger partial charge in [-0.1, -0.05) is 20.8 Å². The molecule has 1 N–H and O–H groups in total. The molecule has 0 unspecified atom stereocenters. The third kappa shape index (κ3) is 3.28. The monoisotopic (exact) mass is 291 g/mol. The van der Waals surface area contributed by atoms with Gasteiger partial charge >= 0.3 is 0 Å². The fourth-order valence-corrected chi connectivity index (χ4v) is 3.15. The van der Waals surface area contributed by atoms with E-state index in [9.17, 15) is 4.79 Å². The molecule has 0 bridgehead atoms. The molecule has 0 aliphatic rings. The Morgan fingerprint density at radius 1 is 1.50 bits per heavy atom. The van der Waals surface area contributed by atoms with Crippen LogP contribution in [0.2, 0.25) is 0 Å². The number of hydrogen-bond acceptors (Lipinski definition) is 3. The molecule has 1 amide bonds. The molecule has 0 aliphatic carbocycles. The van der Waals surface area contributed by atoms with Crippen LogP contribution in [0.4, 0.5) is 5.69 Å². The normalized spacial score (nSPS) is 11.1. The Bertz CT molecular complexity index is 598. The summed E-state index contributed by atoms with van der Waals surface area (Å²) < 4.78 is 1.86. The van der Waals surface area contributed by atoms with E-state index in [1.165, 1.54) is 4.88 Å². The zero-order valence-electron chi connectivity index (χ0n) is 12.4. The van der Waals surface area contributed by atoms with E-state index in [1.807, 2.05) is 16.3 Å². The van der Waals surface area contributed by atoms with Crippen LogP contribution in [0.5, 0.6) is 0 Å². The van der Waals surface area contributed by atoms with Gasteiger partial charge in [0, 0.05) is 23.0 Å². The zero-order valence-corrected chi connectivity index (χ0v) is 13.3. The second kappa shape index (κ2) is 6.22. The van der Waals surface area contributed by atoms with Gasteiger partial charge < -0.3 is 5.32 Å². The molecule has 20 heavy (non-hydrogen) atoms. The molecule has 0 aliphatic heterocycles. The SMILES string of the molecule is CCc1c(C(=O)Nc2cnn(CC(C)C)c2)csc1C. The number of carbonyl (C=O) groups excluding carboxylic acids is 1. The van der Waals surface area contributed by atoms with E-state index in [0.717, 1.165) is 29.8 Å². The first-order chi connectivity index (χ1) is 9.51. The van der Waals surface area contributed by atoms with Crippen LogP contribution in [-0.2, 0) is 13.0 Å². The van der Waals surface area contributed by atoms with Gasteiger partial charge in [0.25, 0.3) is 5.91 Å². The van der Waals surface area contributed by atoms with Gasteiger partial charge in [0.15, 0.2) is 0 Å². The summed E-state index contributed by atoms with van der Waals surface area (Å²) in [5, 5.41) is 9.11. The Labute approximate surface area is 123 Å². The molecule has 5 heteroatoms. The van der Waals surface area contributed by atoms with Crippen molar-refractivity contribution in [1.29, 1.82) is 0 Å². The lowest BCUT2D eigenvalue weighted by Gasteiger charge is -2.05. The van der Waals surface area contributed by atoms with E-state index < -0.39 is 0 Å². The van der Waals surface area contributed by atoms with Crippen LogP contribution < -0.4 is 5.32 Å². The molecule has 0 fully saturated rings. The molecule has 0 atom stereocenters. The van der Waals surface area contributed by atoms with Crippen molar-refractivity contribution in [3.8, 4) is 0 Å². The van der Waals surface area contributed by atoms with Crippen molar-refractivity contribution in [2.75, 3.05) is 5.32 Å². The number of amides is 1. The number of nitrogens with zero attached hydrogens (tertiary/aromatic N) is 2. The van der Waals surface area contributed by atoms with Crippen LogP contribution in [0.3, 0.4) is 0 Å². The fourth-order valence-electron chi connectivity index (χ4n) is 2.21. The molecule has 0 spiro atoms. The summed E-state index contributed by atoms with van der Waals surface area (Å²) in [6.45, 7) is 9.27. The topological polar surface area (TPSA) is 46.9 Å². The standard InChI is InChI=1S/C15H21N3OS/c1-5-13-11(4)20-9-14(13)15(19)17-12-6-16-18(8-12)7-10(2)3/h6,8-10H,5,7H2,1-4H3,(H,17,19). The first-order valence-electron chi connectivity index (χ1n) is 6.92. The molecule has 108 valence electrons. The van der Waals surface area contributed by atoms with E-state index in [0.29, 0.717) is 5.92 Å². The van der Waals surface area contributed by atoms with Gasteiger partial charge in [-0.05, 0) is 24.8 Å². The molecule has 2 rings (SSSR count). The maximum absolute atomic E-state index is 12.3. The fraction of sp³-hybridized carbons (Fsp3) is 0.467. The summed E-state index contributed by atoms with van der Waals surface area (Å²) in [7, 11) is 0.